The first-order valence-electron chi connectivity index (χ1n) is 6.91. The third-order valence-electron chi connectivity index (χ3n) is 3.73. The van der Waals surface area contributed by atoms with Crippen LogP contribution in [-0.4, -0.2) is 40.7 Å². The molecule has 1 saturated heterocycles. The summed E-state index contributed by atoms with van der Waals surface area (Å²) in [6.07, 6.45) is 4.80. The summed E-state index contributed by atoms with van der Waals surface area (Å²) in [6, 6.07) is 6.50. The molecule has 4 nitrogen and oxygen atoms in total. The molecule has 1 atom stereocenters. The Kier molecular flexibility index (Phi) is 4.80. The second kappa shape index (κ2) is 6.57. The molecule has 2 rings (SSSR count). The quantitative estimate of drug-likeness (QED) is 0.876. The van der Waals surface area contributed by atoms with Crippen LogP contribution >= 0.6 is 0 Å². The molecule has 0 aromatic heterocycles. The Bertz CT molecular complexity index is 408. The largest absolute Gasteiger partial charge is 0.508 e. The Labute approximate surface area is 113 Å². The molecule has 4 heteroatoms. The maximum atomic E-state index is 11.5. The lowest BCUT2D eigenvalue weighted by atomic mass is 9.98. The van der Waals surface area contributed by atoms with Gasteiger partial charge in [0, 0.05) is 6.54 Å². The molecule has 19 heavy (non-hydrogen) atoms. The van der Waals surface area contributed by atoms with Gasteiger partial charge in [0.25, 0.3) is 0 Å². The number of carboxylic acids is 1. The van der Waals surface area contributed by atoms with Gasteiger partial charge in [-0.05, 0) is 43.6 Å². The molecule has 1 fully saturated rings. The van der Waals surface area contributed by atoms with E-state index in [0.717, 1.165) is 31.5 Å². The number of benzene rings is 1. The van der Waals surface area contributed by atoms with Crippen LogP contribution in [0.25, 0.3) is 0 Å². The lowest BCUT2D eigenvalue weighted by Gasteiger charge is -2.24. The van der Waals surface area contributed by atoms with Crippen molar-refractivity contribution in [2.24, 2.45) is 0 Å². The molecule has 104 valence electrons. The second-order valence-electron chi connectivity index (χ2n) is 5.20. The highest BCUT2D eigenvalue weighted by molar-refractivity contribution is 5.76. The number of nitrogens with zero attached hydrogens (tertiary/aromatic N) is 1. The highest BCUT2D eigenvalue weighted by Crippen LogP contribution is 2.22. The van der Waals surface area contributed by atoms with Gasteiger partial charge in [0.15, 0.2) is 0 Å². The van der Waals surface area contributed by atoms with E-state index >= 15 is 0 Å². The molecule has 0 amide bonds. The van der Waals surface area contributed by atoms with Gasteiger partial charge in [0.1, 0.15) is 5.75 Å². The van der Waals surface area contributed by atoms with E-state index in [2.05, 4.69) is 4.90 Å². The summed E-state index contributed by atoms with van der Waals surface area (Å²) in [5.41, 5.74) is 0.759. The molecule has 0 bridgehead atoms. The van der Waals surface area contributed by atoms with Gasteiger partial charge in [0.05, 0.1) is 5.92 Å². The van der Waals surface area contributed by atoms with Crippen molar-refractivity contribution in [3.05, 3.63) is 29.8 Å². The number of aromatic hydroxyl groups is 1. The van der Waals surface area contributed by atoms with Crippen molar-refractivity contribution < 1.29 is 15.0 Å². The van der Waals surface area contributed by atoms with E-state index in [1.807, 2.05) is 0 Å². The fourth-order valence-corrected chi connectivity index (χ4v) is 2.61. The smallest absolute Gasteiger partial charge is 0.312 e. The average molecular weight is 263 g/mol. The summed E-state index contributed by atoms with van der Waals surface area (Å²) >= 11 is 0. The van der Waals surface area contributed by atoms with Gasteiger partial charge < -0.3 is 15.1 Å². The molecule has 1 aromatic carbocycles. The Hall–Kier alpha value is -1.55. The third-order valence-corrected chi connectivity index (χ3v) is 3.73. The fraction of sp³-hybridized carbons (Fsp3) is 0.533. The Morgan fingerprint density at radius 3 is 2.21 bits per heavy atom. The van der Waals surface area contributed by atoms with E-state index in [-0.39, 0.29) is 5.75 Å². The number of likely N-dealkylation sites (tertiary alicyclic amines) is 1. The SMILES string of the molecule is O=C(O)C(CN1CCCCCC1)c1ccc(O)cc1. The molecule has 1 unspecified atom stereocenters. The zero-order valence-electron chi connectivity index (χ0n) is 11.1. The maximum Gasteiger partial charge on any atom is 0.312 e. The summed E-state index contributed by atoms with van der Waals surface area (Å²) < 4.78 is 0. The number of aliphatic carboxylic acids is 1. The fourth-order valence-electron chi connectivity index (χ4n) is 2.61. The van der Waals surface area contributed by atoms with E-state index in [1.165, 1.54) is 12.8 Å². The zero-order valence-corrected chi connectivity index (χ0v) is 11.1. The highest BCUT2D eigenvalue weighted by atomic mass is 16.4. The van der Waals surface area contributed by atoms with Gasteiger partial charge in [-0.1, -0.05) is 25.0 Å². The van der Waals surface area contributed by atoms with E-state index < -0.39 is 11.9 Å². The van der Waals surface area contributed by atoms with Crippen LogP contribution in [0, 0.1) is 0 Å². The lowest BCUT2D eigenvalue weighted by Crippen LogP contribution is -2.32. The first-order valence-corrected chi connectivity index (χ1v) is 6.91. The van der Waals surface area contributed by atoms with Gasteiger partial charge in [-0.2, -0.15) is 0 Å². The van der Waals surface area contributed by atoms with E-state index in [0.29, 0.717) is 6.54 Å². The van der Waals surface area contributed by atoms with Crippen LogP contribution in [0.3, 0.4) is 0 Å². The number of hydrogen-bond acceptors (Lipinski definition) is 3. The van der Waals surface area contributed by atoms with Crippen LogP contribution in [-0.2, 0) is 4.79 Å². The Morgan fingerprint density at radius 1 is 1.11 bits per heavy atom. The summed E-state index contributed by atoms with van der Waals surface area (Å²) in [7, 11) is 0. The number of hydrogen-bond donors (Lipinski definition) is 2. The Morgan fingerprint density at radius 2 is 1.68 bits per heavy atom. The molecular formula is C15H21NO3. The molecule has 0 saturated carbocycles. The van der Waals surface area contributed by atoms with Crippen LogP contribution in [0.2, 0.25) is 0 Å². The minimum atomic E-state index is -0.796. The highest BCUT2D eigenvalue weighted by Gasteiger charge is 2.23. The molecule has 1 heterocycles. The van der Waals surface area contributed by atoms with Gasteiger partial charge in [-0.15, -0.1) is 0 Å². The van der Waals surface area contributed by atoms with Crippen molar-refractivity contribution in [1.29, 1.82) is 0 Å². The number of carboxylic acid groups (broad SMARTS) is 1. The molecule has 1 aliphatic heterocycles. The summed E-state index contributed by atoms with van der Waals surface area (Å²) in [5, 5.41) is 18.7. The third kappa shape index (κ3) is 3.96. The first-order chi connectivity index (χ1) is 9.16. The van der Waals surface area contributed by atoms with Crippen LogP contribution < -0.4 is 0 Å². The van der Waals surface area contributed by atoms with E-state index in [1.54, 1.807) is 24.3 Å². The average Bonchev–Trinajstić information content (AvgIpc) is 2.65. The van der Waals surface area contributed by atoms with Crippen molar-refractivity contribution in [2.75, 3.05) is 19.6 Å². The summed E-state index contributed by atoms with van der Waals surface area (Å²) in [4.78, 5) is 13.7. The van der Waals surface area contributed by atoms with E-state index in [4.69, 9.17) is 0 Å². The molecule has 0 radical (unpaired) electrons. The monoisotopic (exact) mass is 263 g/mol. The molecule has 0 aliphatic carbocycles. The van der Waals surface area contributed by atoms with Crippen molar-refractivity contribution in [1.82, 2.24) is 4.90 Å². The topological polar surface area (TPSA) is 60.8 Å². The van der Waals surface area contributed by atoms with Crippen molar-refractivity contribution in [3.8, 4) is 5.75 Å². The lowest BCUT2D eigenvalue weighted by molar-refractivity contribution is -0.139. The number of phenols is 1. The van der Waals surface area contributed by atoms with Crippen LogP contribution in [0.1, 0.15) is 37.2 Å². The van der Waals surface area contributed by atoms with Crippen molar-refractivity contribution >= 4 is 5.97 Å². The molecule has 2 N–H and O–H groups in total. The number of carbonyl (C=O) groups is 1. The van der Waals surface area contributed by atoms with Crippen LogP contribution in [0.15, 0.2) is 24.3 Å². The molecule has 0 spiro atoms. The summed E-state index contributed by atoms with van der Waals surface area (Å²) in [5.74, 6) is -1.14. The molecule has 1 aliphatic rings. The number of phenolic OH excluding ortho intramolecular Hbond substituents is 1. The van der Waals surface area contributed by atoms with Gasteiger partial charge in [-0.25, -0.2) is 0 Å². The maximum absolute atomic E-state index is 11.5. The Balaban J connectivity index is 2.07. The summed E-state index contributed by atoms with van der Waals surface area (Å²) in [6.45, 7) is 2.53. The minimum Gasteiger partial charge on any atom is -0.508 e. The van der Waals surface area contributed by atoms with Crippen molar-refractivity contribution in [3.63, 3.8) is 0 Å². The predicted octanol–water partition coefficient (Wildman–Crippen LogP) is 2.44. The van der Waals surface area contributed by atoms with E-state index in [9.17, 15) is 15.0 Å². The van der Waals surface area contributed by atoms with Crippen molar-refractivity contribution in [2.45, 2.75) is 31.6 Å². The van der Waals surface area contributed by atoms with Gasteiger partial charge in [-0.3, -0.25) is 4.79 Å². The predicted molar refractivity (Wildman–Crippen MR) is 73.4 cm³/mol. The van der Waals surface area contributed by atoms with Crippen LogP contribution in [0.4, 0.5) is 0 Å². The number of rotatable bonds is 4. The first kappa shape index (κ1) is 13.9. The standard InChI is InChI=1S/C15H21NO3/c17-13-7-5-12(6-8-13)14(15(18)19)11-16-9-3-1-2-4-10-16/h5-8,14,17H,1-4,9-11H2,(H,18,19). The van der Waals surface area contributed by atoms with Crippen LogP contribution in [0.5, 0.6) is 5.75 Å². The zero-order chi connectivity index (χ0) is 13.7. The van der Waals surface area contributed by atoms with Gasteiger partial charge in [0.2, 0.25) is 0 Å². The second-order valence-corrected chi connectivity index (χ2v) is 5.20. The minimum absolute atomic E-state index is 0.169. The van der Waals surface area contributed by atoms with Gasteiger partial charge >= 0.3 is 5.97 Å². The molecule has 1 aromatic rings. The normalized spacial score (nSPS) is 18.7. The molecular weight excluding hydrogens is 242 g/mol.